The first-order valence-electron chi connectivity index (χ1n) is 8.28. The second-order valence-corrected chi connectivity index (χ2v) is 5.90. The number of carbonyl (C=O) groups excluding carboxylic acids is 2. The fourth-order valence-electron chi connectivity index (χ4n) is 2.90. The van der Waals surface area contributed by atoms with Gasteiger partial charge in [0.15, 0.2) is 5.69 Å². The van der Waals surface area contributed by atoms with Gasteiger partial charge in [-0.15, -0.1) is 0 Å². The number of carbonyl (C=O) groups is 2. The number of nitriles is 1. The molecule has 0 amide bonds. The van der Waals surface area contributed by atoms with Gasteiger partial charge in [-0.2, -0.15) is 5.26 Å². The van der Waals surface area contributed by atoms with Crippen molar-refractivity contribution in [2.24, 2.45) is 0 Å². The minimum absolute atomic E-state index is 0.0624. The van der Waals surface area contributed by atoms with Crippen LogP contribution in [0.25, 0.3) is 16.8 Å². The number of anilines is 1. The van der Waals surface area contributed by atoms with Crippen molar-refractivity contribution in [3.8, 4) is 22.9 Å². The van der Waals surface area contributed by atoms with E-state index in [1.165, 1.54) is 25.0 Å². The van der Waals surface area contributed by atoms with Crippen molar-refractivity contribution in [3.63, 3.8) is 0 Å². The Labute approximate surface area is 161 Å². The van der Waals surface area contributed by atoms with Gasteiger partial charge < -0.3 is 19.8 Å². The Balaban J connectivity index is 2.12. The van der Waals surface area contributed by atoms with Crippen molar-refractivity contribution in [1.29, 1.82) is 5.26 Å². The largest absolute Gasteiger partial charge is 0.465 e. The zero-order valence-corrected chi connectivity index (χ0v) is 15.3. The number of benzene rings is 2. The lowest BCUT2D eigenvalue weighted by Gasteiger charge is -2.11. The van der Waals surface area contributed by atoms with Crippen molar-refractivity contribution >= 4 is 17.6 Å². The first-order chi connectivity index (χ1) is 13.5. The van der Waals surface area contributed by atoms with Gasteiger partial charge in [0.05, 0.1) is 31.0 Å². The Bertz CT molecular complexity index is 1110. The van der Waals surface area contributed by atoms with Crippen molar-refractivity contribution in [2.45, 2.75) is 0 Å². The lowest BCUT2D eigenvalue weighted by Crippen LogP contribution is -2.11. The third-order valence-electron chi connectivity index (χ3n) is 4.28. The quantitative estimate of drug-likeness (QED) is 0.702. The highest BCUT2D eigenvalue weighted by Gasteiger charge is 2.21. The van der Waals surface area contributed by atoms with Crippen LogP contribution in [-0.4, -0.2) is 30.7 Å². The molecule has 140 valence electrons. The van der Waals surface area contributed by atoms with Gasteiger partial charge in [0.1, 0.15) is 6.07 Å². The Morgan fingerprint density at radius 3 is 2.29 bits per heavy atom. The minimum Gasteiger partial charge on any atom is -0.465 e. The fourth-order valence-corrected chi connectivity index (χ4v) is 2.90. The summed E-state index contributed by atoms with van der Waals surface area (Å²) in [5, 5.41) is 9.26. The molecule has 0 fully saturated rings. The van der Waals surface area contributed by atoms with Crippen LogP contribution in [0.15, 0.2) is 54.7 Å². The standard InChI is InChI=1S/C21H17N3O4/c1-27-20(25)15-7-3-5-13(9-15)14-6-4-8-17(10-14)24-12-16(11-22)18(23)19(24)21(26)28-2/h3-10,12H,23H2,1-2H3. The zero-order chi connectivity index (χ0) is 20.3. The first-order valence-corrected chi connectivity index (χ1v) is 8.28. The molecular weight excluding hydrogens is 358 g/mol. The fraction of sp³-hybridized carbons (Fsp3) is 0.0952. The normalized spacial score (nSPS) is 10.2. The summed E-state index contributed by atoms with van der Waals surface area (Å²) in [7, 11) is 2.58. The number of rotatable bonds is 4. The van der Waals surface area contributed by atoms with E-state index >= 15 is 0 Å². The number of hydrogen-bond acceptors (Lipinski definition) is 6. The maximum Gasteiger partial charge on any atom is 0.357 e. The van der Waals surface area contributed by atoms with Gasteiger partial charge in [0, 0.05) is 11.9 Å². The van der Waals surface area contributed by atoms with E-state index in [1.807, 2.05) is 24.3 Å². The molecule has 0 aliphatic heterocycles. The summed E-state index contributed by atoms with van der Waals surface area (Å²) < 4.78 is 11.1. The topological polar surface area (TPSA) is 107 Å². The van der Waals surface area contributed by atoms with Gasteiger partial charge in [-0.1, -0.05) is 24.3 Å². The van der Waals surface area contributed by atoms with Crippen LogP contribution in [0.2, 0.25) is 0 Å². The molecular formula is C21H17N3O4. The highest BCUT2D eigenvalue weighted by atomic mass is 16.5. The molecule has 0 bridgehead atoms. The van der Waals surface area contributed by atoms with E-state index in [-0.39, 0.29) is 16.9 Å². The summed E-state index contributed by atoms with van der Waals surface area (Å²) >= 11 is 0. The molecule has 28 heavy (non-hydrogen) atoms. The van der Waals surface area contributed by atoms with Crippen molar-refractivity contribution in [2.75, 3.05) is 20.0 Å². The average molecular weight is 375 g/mol. The maximum absolute atomic E-state index is 12.2. The molecule has 3 rings (SSSR count). The predicted molar refractivity (Wildman–Crippen MR) is 103 cm³/mol. The number of nitrogens with zero attached hydrogens (tertiary/aromatic N) is 2. The summed E-state index contributed by atoms with van der Waals surface area (Å²) in [4.78, 5) is 24.0. The summed E-state index contributed by atoms with van der Waals surface area (Å²) in [6, 6.07) is 16.3. The summed E-state index contributed by atoms with van der Waals surface area (Å²) in [6.45, 7) is 0. The van der Waals surface area contributed by atoms with E-state index in [4.69, 9.17) is 15.2 Å². The van der Waals surface area contributed by atoms with Crippen LogP contribution in [0, 0.1) is 11.3 Å². The molecule has 7 heteroatoms. The molecule has 7 nitrogen and oxygen atoms in total. The molecule has 0 unspecified atom stereocenters. The second kappa shape index (κ2) is 7.68. The summed E-state index contributed by atoms with van der Waals surface area (Å²) in [6.07, 6.45) is 1.49. The van der Waals surface area contributed by atoms with Crippen LogP contribution >= 0.6 is 0 Å². The van der Waals surface area contributed by atoms with Crippen LogP contribution in [0.1, 0.15) is 26.4 Å². The third-order valence-corrected chi connectivity index (χ3v) is 4.28. The Hall–Kier alpha value is -4.05. The van der Waals surface area contributed by atoms with Gasteiger partial charge in [0.25, 0.3) is 0 Å². The zero-order valence-electron chi connectivity index (χ0n) is 15.3. The van der Waals surface area contributed by atoms with Crippen LogP contribution in [0.5, 0.6) is 0 Å². The molecule has 0 atom stereocenters. The molecule has 1 heterocycles. The lowest BCUT2D eigenvalue weighted by atomic mass is 10.0. The average Bonchev–Trinajstić information content (AvgIpc) is 3.09. The summed E-state index contributed by atoms with van der Waals surface area (Å²) in [5.74, 6) is -1.07. The van der Waals surface area contributed by atoms with E-state index in [0.717, 1.165) is 11.1 Å². The molecule has 0 spiro atoms. The van der Waals surface area contributed by atoms with Gasteiger partial charge in [0.2, 0.25) is 0 Å². The van der Waals surface area contributed by atoms with Crippen molar-refractivity contribution in [3.05, 3.63) is 71.5 Å². The van der Waals surface area contributed by atoms with Gasteiger partial charge in [-0.05, 0) is 35.4 Å². The number of esters is 2. The molecule has 3 aromatic rings. The second-order valence-electron chi connectivity index (χ2n) is 5.90. The molecule has 0 aliphatic carbocycles. The maximum atomic E-state index is 12.2. The molecule has 1 aromatic heterocycles. The molecule has 0 radical (unpaired) electrons. The number of methoxy groups -OCH3 is 2. The van der Waals surface area contributed by atoms with Crippen molar-refractivity contribution < 1.29 is 19.1 Å². The van der Waals surface area contributed by atoms with Gasteiger partial charge >= 0.3 is 11.9 Å². The van der Waals surface area contributed by atoms with Crippen LogP contribution in [-0.2, 0) is 9.47 Å². The first kappa shape index (κ1) is 18.7. The van der Waals surface area contributed by atoms with Crippen LogP contribution in [0.3, 0.4) is 0 Å². The minimum atomic E-state index is -0.642. The summed E-state index contributed by atoms with van der Waals surface area (Å²) in [5.41, 5.74) is 8.93. The van der Waals surface area contributed by atoms with Gasteiger partial charge in [-0.25, -0.2) is 9.59 Å². The molecule has 0 aliphatic rings. The number of ether oxygens (including phenoxy) is 2. The smallest absolute Gasteiger partial charge is 0.357 e. The van der Waals surface area contributed by atoms with Crippen LogP contribution < -0.4 is 5.73 Å². The number of nitrogen functional groups attached to an aromatic ring is 1. The third kappa shape index (κ3) is 3.31. The van der Waals surface area contributed by atoms with E-state index < -0.39 is 11.9 Å². The Kier molecular flexibility index (Phi) is 5.14. The van der Waals surface area contributed by atoms with E-state index in [1.54, 1.807) is 30.3 Å². The Morgan fingerprint density at radius 2 is 1.64 bits per heavy atom. The highest BCUT2D eigenvalue weighted by molar-refractivity contribution is 5.96. The number of aromatic nitrogens is 1. The van der Waals surface area contributed by atoms with E-state index in [9.17, 15) is 14.9 Å². The van der Waals surface area contributed by atoms with E-state index in [2.05, 4.69) is 0 Å². The molecule has 0 saturated carbocycles. The molecule has 2 N–H and O–H groups in total. The molecule has 0 saturated heterocycles. The Morgan fingerprint density at radius 1 is 1.00 bits per heavy atom. The number of nitrogens with two attached hydrogens (primary N) is 1. The SMILES string of the molecule is COC(=O)c1cccc(-c2cccc(-n3cc(C#N)c(N)c3C(=O)OC)c2)c1. The van der Waals surface area contributed by atoms with E-state index in [0.29, 0.717) is 11.3 Å². The number of hydrogen-bond donors (Lipinski definition) is 1. The highest BCUT2D eigenvalue weighted by Crippen LogP contribution is 2.28. The molecule has 2 aromatic carbocycles. The monoisotopic (exact) mass is 375 g/mol. The van der Waals surface area contributed by atoms with Crippen LogP contribution in [0.4, 0.5) is 5.69 Å². The van der Waals surface area contributed by atoms with Gasteiger partial charge in [-0.3, -0.25) is 0 Å². The lowest BCUT2D eigenvalue weighted by molar-refractivity contribution is 0.0587. The predicted octanol–water partition coefficient (Wildman–Crippen LogP) is 3.17. The van der Waals surface area contributed by atoms with Crippen molar-refractivity contribution in [1.82, 2.24) is 4.57 Å².